The third-order valence-corrected chi connectivity index (χ3v) is 13.2. The number of nitrogens with zero attached hydrogens (tertiary/aromatic N) is 6. The van der Waals surface area contributed by atoms with Gasteiger partial charge in [0.1, 0.15) is 41.5 Å². The van der Waals surface area contributed by atoms with Gasteiger partial charge in [-0.2, -0.15) is 9.97 Å². The summed E-state index contributed by atoms with van der Waals surface area (Å²) < 4.78 is 67.7. The summed E-state index contributed by atoms with van der Waals surface area (Å²) in [7, 11) is -3.65. The van der Waals surface area contributed by atoms with Crippen molar-refractivity contribution in [3.63, 3.8) is 0 Å². The lowest BCUT2D eigenvalue weighted by atomic mass is 9.91. The fourth-order valence-corrected chi connectivity index (χ4v) is 10.4. The van der Waals surface area contributed by atoms with Gasteiger partial charge < -0.3 is 28.3 Å². The Hall–Kier alpha value is -3.52. The van der Waals surface area contributed by atoms with Gasteiger partial charge in [0.15, 0.2) is 5.82 Å². The fraction of sp³-hybridized carbons (Fsp3) is 0.514. The zero-order valence-electron chi connectivity index (χ0n) is 29.7. The first-order chi connectivity index (χ1) is 25.6. The minimum absolute atomic E-state index is 0.0152. The molecule has 4 fully saturated rings. The van der Waals surface area contributed by atoms with E-state index in [2.05, 4.69) is 14.9 Å². The number of rotatable bonds is 11. The molecule has 4 aliphatic heterocycles. The van der Waals surface area contributed by atoms with Crippen LogP contribution in [0.15, 0.2) is 42.6 Å². The monoisotopic (exact) mass is 770 g/mol. The highest BCUT2D eigenvalue weighted by Crippen LogP contribution is 2.49. The van der Waals surface area contributed by atoms with Crippen molar-refractivity contribution in [3.05, 3.63) is 53.4 Å². The minimum atomic E-state index is -3.65. The van der Waals surface area contributed by atoms with Gasteiger partial charge in [-0.15, -0.1) is 0 Å². The highest BCUT2D eigenvalue weighted by atomic mass is 35.5. The van der Waals surface area contributed by atoms with Gasteiger partial charge in [-0.3, -0.25) is 19.2 Å². The first-order valence-electron chi connectivity index (χ1n) is 18.1. The summed E-state index contributed by atoms with van der Waals surface area (Å²) in [5, 5.41) is 2.34. The van der Waals surface area contributed by atoms with Crippen LogP contribution in [0.1, 0.15) is 33.1 Å². The van der Waals surface area contributed by atoms with Crippen LogP contribution in [-0.2, 0) is 23.1 Å². The van der Waals surface area contributed by atoms with Crippen molar-refractivity contribution < 1.29 is 36.7 Å². The molecule has 282 valence electrons. The lowest BCUT2D eigenvalue weighted by Gasteiger charge is -2.55. The number of pyridine rings is 1. The topological polar surface area (TPSA) is 119 Å². The average molecular weight is 771 g/mol. The largest absolute Gasteiger partial charge is 0.461 e. The summed E-state index contributed by atoms with van der Waals surface area (Å²) in [4.78, 5) is 33.6. The normalized spacial score (nSPS) is 22.8. The molecule has 2 aromatic carbocycles. The fourth-order valence-electron chi connectivity index (χ4n) is 8.56. The number of carbonyl (C=O) groups is 1. The highest BCUT2D eigenvalue weighted by molar-refractivity contribution is 7.54. The third kappa shape index (κ3) is 6.55. The number of amides is 1. The summed E-state index contributed by atoms with van der Waals surface area (Å²) in [6.45, 7) is 6.36. The first kappa shape index (κ1) is 36.5. The lowest BCUT2D eigenvalue weighted by Crippen LogP contribution is -2.73. The number of aromatic nitrogens is 3. The van der Waals surface area contributed by atoms with E-state index >= 15 is 4.39 Å². The van der Waals surface area contributed by atoms with Gasteiger partial charge in [0, 0.05) is 54.8 Å². The van der Waals surface area contributed by atoms with Crippen molar-refractivity contribution in [2.45, 2.75) is 50.4 Å². The molecule has 2 aromatic heterocycles. The number of hydrogen-bond donors (Lipinski definition) is 0. The summed E-state index contributed by atoms with van der Waals surface area (Å²) in [6.07, 6.45) is 2.31. The Labute approximate surface area is 311 Å². The Morgan fingerprint density at radius 3 is 2.60 bits per heavy atom. The zero-order valence-corrected chi connectivity index (χ0v) is 31.4. The zero-order chi connectivity index (χ0) is 37.0. The standard InChI is InChI=1S/C37H42ClF2N6O6P/c1-3-51-53(48,52-4-2)19-29(47)46-15-14-44(20-37(46)21-49-22-37)34-27-17-41-32(26-10-5-8-24-9-6-11-28(38)30(24)26)31(40)33(27)42-35(43-34)50-23-36-12-7-13-45(36)18-25(39)16-36/h5-6,8-11,17,25H,3-4,7,12-16,18-23H2,1-2H3/t25-,36+/m1/s1. The molecule has 0 N–H and O–H groups in total. The maximum Gasteiger partial charge on any atom is 0.340 e. The van der Waals surface area contributed by atoms with Crippen LogP contribution in [0, 0.1) is 5.82 Å². The lowest BCUT2D eigenvalue weighted by molar-refractivity contribution is -0.167. The van der Waals surface area contributed by atoms with Crippen LogP contribution in [0.5, 0.6) is 6.01 Å². The number of carbonyl (C=O) groups excluding carboxylic acids is 1. The summed E-state index contributed by atoms with van der Waals surface area (Å²) >= 11 is 6.64. The Balaban J connectivity index is 1.17. The van der Waals surface area contributed by atoms with Crippen LogP contribution in [-0.4, -0.2) is 120 Å². The van der Waals surface area contributed by atoms with Crippen LogP contribution >= 0.6 is 19.2 Å². The van der Waals surface area contributed by atoms with Crippen molar-refractivity contribution in [2.24, 2.45) is 0 Å². The molecular weight excluding hydrogens is 729 g/mol. The number of halogens is 3. The Bertz CT molecular complexity index is 2100. The maximum atomic E-state index is 17.0. The molecule has 6 heterocycles. The van der Waals surface area contributed by atoms with E-state index in [9.17, 15) is 13.8 Å². The Kier molecular flexibility index (Phi) is 9.82. The third-order valence-electron chi connectivity index (χ3n) is 11.0. The van der Waals surface area contributed by atoms with Crippen molar-refractivity contribution in [1.29, 1.82) is 0 Å². The second-order valence-electron chi connectivity index (χ2n) is 14.3. The van der Waals surface area contributed by atoms with E-state index in [0.29, 0.717) is 53.2 Å². The van der Waals surface area contributed by atoms with E-state index in [0.717, 1.165) is 24.8 Å². The molecule has 53 heavy (non-hydrogen) atoms. The van der Waals surface area contributed by atoms with E-state index in [4.69, 9.17) is 35.1 Å². The van der Waals surface area contributed by atoms with Crippen molar-refractivity contribution in [3.8, 4) is 17.3 Å². The molecule has 0 saturated carbocycles. The second-order valence-corrected chi connectivity index (χ2v) is 16.8. The quantitative estimate of drug-likeness (QED) is 0.161. The molecule has 0 unspecified atom stereocenters. The minimum Gasteiger partial charge on any atom is -0.461 e. The van der Waals surface area contributed by atoms with Crippen LogP contribution in [0.25, 0.3) is 32.9 Å². The van der Waals surface area contributed by atoms with Crippen LogP contribution in [0.2, 0.25) is 5.02 Å². The van der Waals surface area contributed by atoms with Gasteiger partial charge in [-0.05, 0) is 44.7 Å². The van der Waals surface area contributed by atoms with Crippen LogP contribution in [0.4, 0.5) is 14.6 Å². The first-order valence-corrected chi connectivity index (χ1v) is 20.3. The van der Waals surface area contributed by atoms with E-state index in [1.807, 2.05) is 29.2 Å². The number of ether oxygens (including phenoxy) is 2. The van der Waals surface area contributed by atoms with Crippen molar-refractivity contribution in [1.82, 2.24) is 24.8 Å². The van der Waals surface area contributed by atoms with Crippen molar-refractivity contribution >= 4 is 52.6 Å². The predicted molar refractivity (Wildman–Crippen MR) is 197 cm³/mol. The molecule has 12 nitrogen and oxygen atoms in total. The van der Waals surface area contributed by atoms with Gasteiger partial charge in [0.05, 0.1) is 37.4 Å². The molecule has 0 aliphatic carbocycles. The molecule has 2 atom stereocenters. The maximum absolute atomic E-state index is 17.0. The van der Waals surface area contributed by atoms with Gasteiger partial charge in [0.2, 0.25) is 5.91 Å². The van der Waals surface area contributed by atoms with E-state index < -0.39 is 30.7 Å². The number of anilines is 1. The van der Waals surface area contributed by atoms with E-state index in [-0.39, 0.29) is 68.9 Å². The molecule has 1 amide bonds. The molecule has 8 rings (SSSR count). The van der Waals surface area contributed by atoms with E-state index in [1.54, 1.807) is 37.1 Å². The van der Waals surface area contributed by atoms with Crippen LogP contribution < -0.4 is 9.64 Å². The molecule has 4 saturated heterocycles. The Morgan fingerprint density at radius 1 is 1.09 bits per heavy atom. The number of alkyl halides is 1. The Morgan fingerprint density at radius 2 is 1.87 bits per heavy atom. The average Bonchev–Trinajstić information content (AvgIpc) is 3.65. The number of hydrogen-bond acceptors (Lipinski definition) is 11. The molecule has 0 radical (unpaired) electrons. The van der Waals surface area contributed by atoms with Gasteiger partial charge in [0.25, 0.3) is 0 Å². The van der Waals surface area contributed by atoms with Crippen molar-refractivity contribution in [2.75, 3.05) is 76.8 Å². The van der Waals surface area contributed by atoms with Gasteiger partial charge in [-0.25, -0.2) is 8.78 Å². The SMILES string of the molecule is CCOP(=O)(CC(=O)N1CCN(c2nc(OC[C@@]34CCCN3C[C@H](F)C4)nc3c(F)c(-c4cccc5cccc(Cl)c45)ncc23)CC12COC2)OCC. The second kappa shape index (κ2) is 14.3. The molecule has 0 bridgehead atoms. The summed E-state index contributed by atoms with van der Waals surface area (Å²) in [5.74, 6) is -0.627. The number of fused-ring (bicyclic) bond motifs is 3. The molecular formula is C37H42ClF2N6O6P. The highest BCUT2D eigenvalue weighted by Gasteiger charge is 2.52. The molecule has 4 aliphatic rings. The number of piperazine rings is 1. The molecule has 16 heteroatoms. The van der Waals surface area contributed by atoms with Gasteiger partial charge in [-0.1, -0.05) is 41.9 Å². The summed E-state index contributed by atoms with van der Waals surface area (Å²) in [6, 6.07) is 11.0. The van der Waals surface area contributed by atoms with E-state index in [1.165, 1.54) is 0 Å². The number of benzene rings is 2. The summed E-state index contributed by atoms with van der Waals surface area (Å²) in [5.41, 5.74) is -0.616. The smallest absolute Gasteiger partial charge is 0.340 e. The molecule has 4 aromatic rings. The molecule has 1 spiro atoms. The predicted octanol–water partition coefficient (Wildman–Crippen LogP) is 6.28. The van der Waals surface area contributed by atoms with Gasteiger partial charge >= 0.3 is 13.6 Å². The van der Waals surface area contributed by atoms with Crippen LogP contribution in [0.3, 0.4) is 0 Å².